The third-order valence-corrected chi connectivity index (χ3v) is 2.66. The molecule has 0 aliphatic heterocycles. The number of para-hydroxylation sites is 1. The Morgan fingerprint density at radius 1 is 1.33 bits per heavy atom. The van der Waals surface area contributed by atoms with Crippen molar-refractivity contribution in [3.05, 3.63) is 29.3 Å². The zero-order valence-electron chi connectivity index (χ0n) is 9.11. The Balaban J connectivity index is 3.25. The van der Waals surface area contributed by atoms with Gasteiger partial charge in [-0.05, 0) is 24.0 Å². The summed E-state index contributed by atoms with van der Waals surface area (Å²) < 4.78 is 24.3. The molecule has 0 heterocycles. The molecule has 0 aliphatic rings. The molecule has 1 aromatic carbocycles. The molecule has 3 N–H and O–H groups in total. The average molecular weight is 228 g/mol. The first-order valence-electron chi connectivity index (χ1n) is 4.71. The first-order chi connectivity index (χ1) is 6.81. The number of benzene rings is 1. The fraction of sp³-hybridized carbons (Fsp3) is 0.400. The maximum Gasteiger partial charge on any atom is 0.296 e. The minimum atomic E-state index is -3.71. The zero-order chi connectivity index (χ0) is 11.6. The molecule has 1 aromatic rings. The summed E-state index contributed by atoms with van der Waals surface area (Å²) in [6, 6.07) is 5.64. The molecule has 1 rings (SSSR count). The lowest BCUT2D eigenvalue weighted by molar-refractivity contribution is 0.602. The van der Waals surface area contributed by atoms with Crippen LogP contribution < -0.4 is 9.86 Å². The van der Waals surface area contributed by atoms with Crippen LogP contribution in [0.3, 0.4) is 0 Å². The van der Waals surface area contributed by atoms with Crippen LogP contribution in [-0.2, 0) is 10.2 Å². The maximum atomic E-state index is 11.0. The van der Waals surface area contributed by atoms with Gasteiger partial charge in [0.2, 0.25) is 0 Å². The van der Waals surface area contributed by atoms with Crippen LogP contribution in [0.4, 0.5) is 5.69 Å². The van der Waals surface area contributed by atoms with E-state index in [9.17, 15) is 8.42 Å². The third-order valence-electron chi connectivity index (χ3n) is 2.17. The van der Waals surface area contributed by atoms with Gasteiger partial charge >= 0.3 is 0 Å². The topological polar surface area (TPSA) is 72.2 Å². The van der Waals surface area contributed by atoms with Crippen molar-refractivity contribution >= 4 is 15.9 Å². The summed E-state index contributed by atoms with van der Waals surface area (Å²) in [6.45, 7) is 5.85. The lowest BCUT2D eigenvalue weighted by Crippen LogP contribution is -2.23. The first kappa shape index (κ1) is 12.0. The number of aryl methyl sites for hydroxylation is 1. The van der Waals surface area contributed by atoms with E-state index < -0.39 is 10.2 Å². The molecule has 0 atom stereocenters. The number of nitrogens with one attached hydrogen (secondary N) is 1. The summed E-state index contributed by atoms with van der Waals surface area (Å²) in [5.41, 5.74) is 2.41. The lowest BCUT2D eigenvalue weighted by atomic mass is 9.99. The molecule has 15 heavy (non-hydrogen) atoms. The molecule has 0 saturated heterocycles. The van der Waals surface area contributed by atoms with Crippen LogP contribution in [0.5, 0.6) is 0 Å². The maximum absolute atomic E-state index is 11.0. The second kappa shape index (κ2) is 4.20. The van der Waals surface area contributed by atoms with Gasteiger partial charge in [0.1, 0.15) is 0 Å². The van der Waals surface area contributed by atoms with Crippen LogP contribution in [0.25, 0.3) is 0 Å². The van der Waals surface area contributed by atoms with Gasteiger partial charge in [0.15, 0.2) is 0 Å². The normalized spacial score (nSPS) is 11.8. The minimum Gasteiger partial charge on any atom is -0.271 e. The smallest absolute Gasteiger partial charge is 0.271 e. The van der Waals surface area contributed by atoms with Gasteiger partial charge in [-0.2, -0.15) is 8.42 Å². The number of rotatable bonds is 3. The molecule has 0 fully saturated rings. The van der Waals surface area contributed by atoms with Gasteiger partial charge in [-0.25, -0.2) is 5.14 Å². The molecule has 0 unspecified atom stereocenters. The van der Waals surface area contributed by atoms with Crippen LogP contribution >= 0.6 is 0 Å². The van der Waals surface area contributed by atoms with E-state index in [0.717, 1.165) is 11.1 Å². The highest BCUT2D eigenvalue weighted by molar-refractivity contribution is 7.90. The molecule has 5 heteroatoms. The number of hydrogen-bond donors (Lipinski definition) is 2. The molecule has 0 saturated carbocycles. The van der Waals surface area contributed by atoms with Crippen LogP contribution in [-0.4, -0.2) is 8.42 Å². The molecule has 84 valence electrons. The van der Waals surface area contributed by atoms with Crippen molar-refractivity contribution in [2.24, 2.45) is 5.14 Å². The SMILES string of the molecule is Cc1cccc(C(C)C)c1NS(N)(=O)=O. The summed E-state index contributed by atoms with van der Waals surface area (Å²) in [4.78, 5) is 0. The van der Waals surface area contributed by atoms with E-state index >= 15 is 0 Å². The fourth-order valence-electron chi connectivity index (χ4n) is 1.45. The molecule has 0 spiro atoms. The highest BCUT2D eigenvalue weighted by atomic mass is 32.2. The highest BCUT2D eigenvalue weighted by Crippen LogP contribution is 2.27. The van der Waals surface area contributed by atoms with E-state index in [4.69, 9.17) is 5.14 Å². The minimum absolute atomic E-state index is 0.245. The van der Waals surface area contributed by atoms with Crippen molar-refractivity contribution in [3.63, 3.8) is 0 Å². The standard InChI is InChI=1S/C10H16N2O2S/c1-7(2)9-6-4-5-8(3)10(9)12-15(11,13)14/h4-7,12H,1-3H3,(H2,11,13,14). The first-order valence-corrected chi connectivity index (χ1v) is 6.26. The summed E-state index contributed by atoms with van der Waals surface area (Å²) in [6.07, 6.45) is 0. The highest BCUT2D eigenvalue weighted by Gasteiger charge is 2.12. The van der Waals surface area contributed by atoms with E-state index in [-0.39, 0.29) is 5.92 Å². The van der Waals surface area contributed by atoms with Crippen LogP contribution in [0.15, 0.2) is 18.2 Å². The second-order valence-corrected chi connectivity index (χ2v) is 5.14. The van der Waals surface area contributed by atoms with Crippen molar-refractivity contribution in [2.75, 3.05) is 4.72 Å². The zero-order valence-corrected chi connectivity index (χ0v) is 9.93. The molecule has 0 bridgehead atoms. The Kier molecular flexibility index (Phi) is 3.36. The van der Waals surface area contributed by atoms with Crippen molar-refractivity contribution < 1.29 is 8.42 Å². The average Bonchev–Trinajstić information content (AvgIpc) is 2.05. The van der Waals surface area contributed by atoms with Crippen molar-refractivity contribution in [1.82, 2.24) is 0 Å². The Labute approximate surface area is 90.7 Å². The molecule has 0 aliphatic carbocycles. The lowest BCUT2D eigenvalue weighted by Gasteiger charge is -2.15. The molecule has 0 amide bonds. The van der Waals surface area contributed by atoms with E-state index in [1.807, 2.05) is 39.0 Å². The number of anilines is 1. The van der Waals surface area contributed by atoms with Gasteiger partial charge in [0.05, 0.1) is 5.69 Å². The van der Waals surface area contributed by atoms with Crippen LogP contribution in [0.1, 0.15) is 30.9 Å². The Bertz CT molecular complexity index is 452. The van der Waals surface area contributed by atoms with Gasteiger partial charge in [-0.3, -0.25) is 4.72 Å². The summed E-state index contributed by atoms with van der Waals surface area (Å²) in [5.74, 6) is 0.245. The molecule has 0 radical (unpaired) electrons. The van der Waals surface area contributed by atoms with Gasteiger partial charge in [-0.1, -0.05) is 32.0 Å². The number of nitrogens with two attached hydrogens (primary N) is 1. The van der Waals surface area contributed by atoms with E-state index in [0.29, 0.717) is 5.69 Å². The molecular formula is C10H16N2O2S. The molecular weight excluding hydrogens is 212 g/mol. The van der Waals surface area contributed by atoms with Crippen molar-refractivity contribution in [1.29, 1.82) is 0 Å². The predicted octanol–water partition coefficient (Wildman–Crippen LogP) is 1.73. The Morgan fingerprint density at radius 3 is 2.40 bits per heavy atom. The molecule has 0 aromatic heterocycles. The quantitative estimate of drug-likeness (QED) is 0.827. The van der Waals surface area contributed by atoms with E-state index in [1.165, 1.54) is 0 Å². The van der Waals surface area contributed by atoms with Gasteiger partial charge < -0.3 is 0 Å². The summed E-state index contributed by atoms with van der Waals surface area (Å²) >= 11 is 0. The third kappa shape index (κ3) is 3.21. The fourth-order valence-corrected chi connectivity index (χ4v) is 2.02. The predicted molar refractivity (Wildman–Crippen MR) is 62.0 cm³/mol. The second-order valence-electron chi connectivity index (χ2n) is 3.84. The van der Waals surface area contributed by atoms with Gasteiger partial charge in [0.25, 0.3) is 10.2 Å². The van der Waals surface area contributed by atoms with Crippen molar-refractivity contribution in [2.45, 2.75) is 26.7 Å². The van der Waals surface area contributed by atoms with Crippen LogP contribution in [0.2, 0.25) is 0 Å². The van der Waals surface area contributed by atoms with Gasteiger partial charge in [0, 0.05) is 0 Å². The van der Waals surface area contributed by atoms with Crippen LogP contribution in [0, 0.1) is 6.92 Å². The molecule has 4 nitrogen and oxygen atoms in total. The van der Waals surface area contributed by atoms with E-state index in [2.05, 4.69) is 4.72 Å². The number of hydrogen-bond acceptors (Lipinski definition) is 2. The largest absolute Gasteiger partial charge is 0.296 e. The Hall–Kier alpha value is -1.07. The van der Waals surface area contributed by atoms with E-state index in [1.54, 1.807) is 0 Å². The Morgan fingerprint density at radius 2 is 1.93 bits per heavy atom. The summed E-state index contributed by atoms with van der Waals surface area (Å²) in [5, 5.41) is 4.97. The summed E-state index contributed by atoms with van der Waals surface area (Å²) in [7, 11) is -3.71. The van der Waals surface area contributed by atoms with Crippen molar-refractivity contribution in [3.8, 4) is 0 Å². The van der Waals surface area contributed by atoms with Gasteiger partial charge in [-0.15, -0.1) is 0 Å². The monoisotopic (exact) mass is 228 g/mol.